The van der Waals surface area contributed by atoms with Gasteiger partial charge in [-0.15, -0.1) is 0 Å². The summed E-state index contributed by atoms with van der Waals surface area (Å²) in [5, 5.41) is 3.41. The van der Waals surface area contributed by atoms with Crippen molar-refractivity contribution >= 4 is 0 Å². The lowest BCUT2D eigenvalue weighted by molar-refractivity contribution is 0.154. The molecule has 4 heteroatoms. The molecule has 100 valence electrons. The molecule has 2 atom stereocenters. The zero-order valence-electron chi connectivity index (χ0n) is 11.3. The third-order valence-electron chi connectivity index (χ3n) is 4.49. The summed E-state index contributed by atoms with van der Waals surface area (Å²) in [6, 6.07) is 1.50. The van der Waals surface area contributed by atoms with Crippen LogP contribution in [0, 0.1) is 0 Å². The minimum Gasteiger partial charge on any atom is -0.330 e. The van der Waals surface area contributed by atoms with E-state index in [1.165, 1.54) is 44.5 Å². The van der Waals surface area contributed by atoms with E-state index in [2.05, 4.69) is 26.7 Å². The molecule has 2 unspecified atom stereocenters. The number of rotatable bonds is 4. The molecule has 2 aliphatic heterocycles. The highest BCUT2D eigenvalue weighted by atomic mass is 15.2. The van der Waals surface area contributed by atoms with Gasteiger partial charge >= 0.3 is 0 Å². The van der Waals surface area contributed by atoms with Crippen LogP contribution in [0.2, 0.25) is 0 Å². The van der Waals surface area contributed by atoms with Crippen LogP contribution in [-0.2, 0) is 6.54 Å². The molecule has 0 amide bonds. The van der Waals surface area contributed by atoms with Gasteiger partial charge in [-0.2, -0.15) is 0 Å². The number of hydrogen-bond acceptors (Lipinski definition) is 3. The van der Waals surface area contributed by atoms with Crippen LogP contribution < -0.4 is 5.32 Å². The average molecular weight is 248 g/mol. The Morgan fingerprint density at radius 2 is 2.28 bits per heavy atom. The van der Waals surface area contributed by atoms with Crippen molar-refractivity contribution in [2.24, 2.45) is 0 Å². The Balaban J connectivity index is 1.69. The van der Waals surface area contributed by atoms with Gasteiger partial charge in [-0.05, 0) is 38.8 Å². The van der Waals surface area contributed by atoms with Gasteiger partial charge in [0.05, 0.1) is 12.0 Å². The Morgan fingerprint density at radius 3 is 3.17 bits per heavy atom. The van der Waals surface area contributed by atoms with E-state index >= 15 is 0 Å². The molecule has 1 aromatic rings. The van der Waals surface area contributed by atoms with Gasteiger partial charge in [0, 0.05) is 31.4 Å². The summed E-state index contributed by atoms with van der Waals surface area (Å²) in [5.74, 6) is 0. The third kappa shape index (κ3) is 2.31. The molecule has 2 saturated heterocycles. The molecule has 2 fully saturated rings. The molecule has 1 aromatic heterocycles. The summed E-state index contributed by atoms with van der Waals surface area (Å²) in [5.41, 5.74) is 1.34. The summed E-state index contributed by atoms with van der Waals surface area (Å²) in [6.07, 6.45) is 9.44. The first-order valence-electron chi connectivity index (χ1n) is 7.34. The lowest BCUT2D eigenvalue weighted by atomic mass is 9.97. The van der Waals surface area contributed by atoms with Crippen molar-refractivity contribution in [1.82, 2.24) is 19.8 Å². The number of imidazole rings is 1. The molecule has 0 aliphatic carbocycles. The van der Waals surface area contributed by atoms with Crippen LogP contribution in [0.3, 0.4) is 0 Å². The lowest BCUT2D eigenvalue weighted by Gasteiger charge is -2.36. The summed E-state index contributed by atoms with van der Waals surface area (Å²) >= 11 is 0. The SMILES string of the molecule is CCNCc1cncn1C1CCN2CCCC2C1. The molecule has 18 heavy (non-hydrogen) atoms. The molecule has 2 aliphatic rings. The first-order valence-corrected chi connectivity index (χ1v) is 7.34. The molecule has 0 saturated carbocycles. The lowest BCUT2D eigenvalue weighted by Crippen LogP contribution is -2.39. The van der Waals surface area contributed by atoms with Crippen molar-refractivity contribution < 1.29 is 0 Å². The fourth-order valence-electron chi connectivity index (χ4n) is 3.51. The number of hydrogen-bond donors (Lipinski definition) is 1. The normalized spacial score (nSPS) is 28.5. The first kappa shape index (κ1) is 12.2. The molecule has 4 nitrogen and oxygen atoms in total. The maximum atomic E-state index is 4.35. The van der Waals surface area contributed by atoms with Gasteiger partial charge in [-0.25, -0.2) is 4.98 Å². The number of piperidine rings is 1. The van der Waals surface area contributed by atoms with Gasteiger partial charge in [-0.1, -0.05) is 6.92 Å². The van der Waals surface area contributed by atoms with E-state index in [0.29, 0.717) is 6.04 Å². The number of fused-ring (bicyclic) bond motifs is 1. The van der Waals surface area contributed by atoms with Crippen molar-refractivity contribution in [3.63, 3.8) is 0 Å². The molecular formula is C14H24N4. The molecule has 3 heterocycles. The zero-order valence-corrected chi connectivity index (χ0v) is 11.3. The molecule has 0 spiro atoms. The van der Waals surface area contributed by atoms with Crippen molar-refractivity contribution in [2.45, 2.75) is 51.2 Å². The fourth-order valence-corrected chi connectivity index (χ4v) is 3.51. The maximum absolute atomic E-state index is 4.35. The second kappa shape index (κ2) is 5.41. The minimum absolute atomic E-state index is 0.667. The number of nitrogens with zero attached hydrogens (tertiary/aromatic N) is 3. The smallest absolute Gasteiger partial charge is 0.0951 e. The fraction of sp³-hybridized carbons (Fsp3) is 0.786. The summed E-state index contributed by atoms with van der Waals surface area (Å²) < 4.78 is 2.42. The second-order valence-corrected chi connectivity index (χ2v) is 5.58. The predicted molar refractivity (Wildman–Crippen MR) is 72.5 cm³/mol. The molecule has 0 aromatic carbocycles. The summed E-state index contributed by atoms with van der Waals surface area (Å²) in [6.45, 7) is 6.71. The molecule has 3 rings (SSSR count). The van der Waals surface area contributed by atoms with Gasteiger partial charge in [0.2, 0.25) is 0 Å². The summed E-state index contributed by atoms with van der Waals surface area (Å²) in [7, 11) is 0. The van der Waals surface area contributed by atoms with E-state index in [9.17, 15) is 0 Å². The predicted octanol–water partition coefficient (Wildman–Crippen LogP) is 1.79. The molecule has 1 N–H and O–H groups in total. The quantitative estimate of drug-likeness (QED) is 0.882. The highest BCUT2D eigenvalue weighted by Gasteiger charge is 2.32. The average Bonchev–Trinajstić information content (AvgIpc) is 3.03. The largest absolute Gasteiger partial charge is 0.330 e. The van der Waals surface area contributed by atoms with Crippen molar-refractivity contribution in [3.05, 3.63) is 18.2 Å². The maximum Gasteiger partial charge on any atom is 0.0951 e. The van der Waals surface area contributed by atoms with E-state index in [1.54, 1.807) is 0 Å². The Morgan fingerprint density at radius 1 is 1.33 bits per heavy atom. The Kier molecular flexibility index (Phi) is 3.66. The van der Waals surface area contributed by atoms with Crippen LogP contribution in [0.1, 0.15) is 44.3 Å². The van der Waals surface area contributed by atoms with Crippen LogP contribution in [0.25, 0.3) is 0 Å². The first-order chi connectivity index (χ1) is 8.88. The van der Waals surface area contributed by atoms with Crippen LogP contribution >= 0.6 is 0 Å². The standard InChI is InChI=1S/C14H24N4/c1-2-15-9-14-10-16-11-18(14)13-5-7-17-6-3-4-12(17)8-13/h10-13,15H,2-9H2,1H3. The van der Waals surface area contributed by atoms with E-state index in [1.807, 2.05) is 12.5 Å². The Labute approximate surface area is 109 Å². The minimum atomic E-state index is 0.667. The van der Waals surface area contributed by atoms with Gasteiger partial charge in [-0.3, -0.25) is 0 Å². The third-order valence-corrected chi connectivity index (χ3v) is 4.49. The number of nitrogens with one attached hydrogen (secondary N) is 1. The topological polar surface area (TPSA) is 33.1 Å². The van der Waals surface area contributed by atoms with Gasteiger partial charge in [0.1, 0.15) is 0 Å². The molecule has 0 radical (unpaired) electrons. The monoisotopic (exact) mass is 248 g/mol. The van der Waals surface area contributed by atoms with Crippen molar-refractivity contribution in [2.75, 3.05) is 19.6 Å². The van der Waals surface area contributed by atoms with Gasteiger partial charge in [0.25, 0.3) is 0 Å². The second-order valence-electron chi connectivity index (χ2n) is 5.58. The Hall–Kier alpha value is -0.870. The number of aromatic nitrogens is 2. The van der Waals surface area contributed by atoms with Crippen molar-refractivity contribution in [3.8, 4) is 0 Å². The van der Waals surface area contributed by atoms with E-state index < -0.39 is 0 Å². The van der Waals surface area contributed by atoms with Crippen LogP contribution in [-0.4, -0.2) is 40.1 Å². The highest BCUT2D eigenvalue weighted by Crippen LogP contribution is 2.33. The zero-order chi connectivity index (χ0) is 12.4. The highest BCUT2D eigenvalue weighted by molar-refractivity contribution is 5.02. The molecular weight excluding hydrogens is 224 g/mol. The van der Waals surface area contributed by atoms with Gasteiger partial charge in [0.15, 0.2) is 0 Å². The summed E-state index contributed by atoms with van der Waals surface area (Å²) in [4.78, 5) is 7.02. The van der Waals surface area contributed by atoms with E-state index in [4.69, 9.17) is 0 Å². The van der Waals surface area contributed by atoms with Crippen LogP contribution in [0.15, 0.2) is 12.5 Å². The Bertz CT molecular complexity index is 387. The van der Waals surface area contributed by atoms with E-state index in [-0.39, 0.29) is 0 Å². The molecule has 0 bridgehead atoms. The van der Waals surface area contributed by atoms with Crippen molar-refractivity contribution in [1.29, 1.82) is 0 Å². The van der Waals surface area contributed by atoms with Crippen LogP contribution in [0.4, 0.5) is 0 Å². The van der Waals surface area contributed by atoms with Gasteiger partial charge < -0.3 is 14.8 Å². The van der Waals surface area contributed by atoms with Crippen LogP contribution in [0.5, 0.6) is 0 Å². The van der Waals surface area contributed by atoms with E-state index in [0.717, 1.165) is 19.1 Å².